The largest absolute Gasteiger partial charge is 0.309 e. The standard InChI is InChI=1S/C90H54N8/c91-55-58-31-33-65(34-32-58)74-29-13-14-30-77(74)88-94-89(82-53-72(39-41-75(82)70-27-15-17-59(47-70)56-92)97-84-43-35-66(61-19-5-1-6-20-61)49-78(84)79-50-67(36-44-85(79)97)62-21-7-2-8-22-62)96-90(95-88)83-54-73(40-42-76(83)71-28-16-18-60(48-71)57-93)98-86-45-37-68(63-23-9-3-10-24-63)51-80(86)81-52-69(38-46-87(81)98)64-25-11-4-12-26-64/h1-54H. The molecule has 0 fully saturated rings. The molecule has 3 heterocycles. The van der Waals surface area contributed by atoms with Gasteiger partial charge < -0.3 is 9.13 Å². The average Bonchev–Trinajstić information content (AvgIpc) is 1.53. The fourth-order valence-corrected chi connectivity index (χ4v) is 14.0. The number of hydrogen-bond donors (Lipinski definition) is 0. The highest BCUT2D eigenvalue weighted by atomic mass is 15.0. The van der Waals surface area contributed by atoms with Crippen LogP contribution < -0.4 is 0 Å². The van der Waals surface area contributed by atoms with Crippen molar-refractivity contribution in [1.82, 2.24) is 24.1 Å². The summed E-state index contributed by atoms with van der Waals surface area (Å²) < 4.78 is 4.66. The van der Waals surface area contributed by atoms with E-state index in [9.17, 15) is 15.8 Å². The Kier molecular flexibility index (Phi) is 14.5. The predicted molar refractivity (Wildman–Crippen MR) is 397 cm³/mol. The maximum atomic E-state index is 10.5. The van der Waals surface area contributed by atoms with Gasteiger partial charge in [0.25, 0.3) is 0 Å². The summed E-state index contributed by atoms with van der Waals surface area (Å²) in [6, 6.07) is 120. The highest BCUT2D eigenvalue weighted by Gasteiger charge is 2.25. The van der Waals surface area contributed by atoms with E-state index in [1.165, 1.54) is 0 Å². The molecule has 0 N–H and O–H groups in total. The molecule has 0 aliphatic carbocycles. The summed E-state index contributed by atoms with van der Waals surface area (Å²) in [4.78, 5) is 17.0. The molecule has 0 unspecified atom stereocenters. The summed E-state index contributed by atoms with van der Waals surface area (Å²) in [5.41, 5.74) is 23.4. The summed E-state index contributed by atoms with van der Waals surface area (Å²) in [5.74, 6) is 1.18. The lowest BCUT2D eigenvalue weighted by Gasteiger charge is -2.18. The van der Waals surface area contributed by atoms with Gasteiger partial charge in [-0.2, -0.15) is 15.8 Å². The number of hydrogen-bond acceptors (Lipinski definition) is 6. The summed E-state index contributed by atoms with van der Waals surface area (Å²) in [6.07, 6.45) is 0. The zero-order valence-corrected chi connectivity index (χ0v) is 52.8. The van der Waals surface area contributed by atoms with E-state index in [1.807, 2.05) is 115 Å². The van der Waals surface area contributed by atoms with Crippen molar-refractivity contribution < 1.29 is 0 Å². The Morgan fingerprint density at radius 3 is 0.867 bits per heavy atom. The van der Waals surface area contributed by atoms with Crippen molar-refractivity contribution in [3.05, 3.63) is 344 Å². The van der Waals surface area contributed by atoms with Crippen LogP contribution in [0.4, 0.5) is 0 Å². The Hall–Kier alpha value is -13.8. The van der Waals surface area contributed by atoms with Gasteiger partial charge in [-0.05, 0) is 187 Å². The zero-order chi connectivity index (χ0) is 65.6. The predicted octanol–water partition coefficient (Wildman–Crippen LogP) is 22.4. The summed E-state index contributed by atoms with van der Waals surface area (Å²) >= 11 is 0. The number of nitrogens with zero attached hydrogens (tertiary/aromatic N) is 8. The number of fused-ring (bicyclic) bond motifs is 6. The van der Waals surface area contributed by atoms with E-state index in [-0.39, 0.29) is 0 Å². The minimum Gasteiger partial charge on any atom is -0.309 e. The molecule has 14 aromatic carbocycles. The number of benzene rings is 14. The van der Waals surface area contributed by atoms with Crippen molar-refractivity contribution in [2.24, 2.45) is 0 Å². The summed E-state index contributed by atoms with van der Waals surface area (Å²) in [6.45, 7) is 0. The normalized spacial score (nSPS) is 11.2. The second-order valence-electron chi connectivity index (χ2n) is 24.4. The topological polar surface area (TPSA) is 120 Å². The average molecular weight is 1250 g/mol. The van der Waals surface area contributed by atoms with Crippen molar-refractivity contribution in [2.75, 3.05) is 0 Å². The molecule has 0 bridgehead atoms. The van der Waals surface area contributed by atoms with Gasteiger partial charge in [0, 0.05) is 49.6 Å². The monoisotopic (exact) mass is 1250 g/mol. The van der Waals surface area contributed by atoms with Gasteiger partial charge in [-0.1, -0.05) is 218 Å². The molecule has 0 spiro atoms. The van der Waals surface area contributed by atoms with Crippen molar-refractivity contribution in [3.63, 3.8) is 0 Å². The van der Waals surface area contributed by atoms with Gasteiger partial charge in [0.15, 0.2) is 17.5 Å². The van der Waals surface area contributed by atoms with Gasteiger partial charge >= 0.3 is 0 Å². The lowest BCUT2D eigenvalue weighted by molar-refractivity contribution is 1.07. The molecule has 3 aromatic heterocycles. The third kappa shape index (κ3) is 10.5. The molecule has 0 amide bonds. The van der Waals surface area contributed by atoms with Crippen LogP contribution in [0.15, 0.2) is 328 Å². The molecule has 0 aliphatic rings. The molecule has 8 heteroatoms. The fourth-order valence-electron chi connectivity index (χ4n) is 14.0. The van der Waals surface area contributed by atoms with Gasteiger partial charge in [0.05, 0.1) is 57.0 Å². The van der Waals surface area contributed by atoms with Crippen LogP contribution in [0, 0.1) is 34.0 Å². The Labute approximate surface area is 566 Å². The first-order valence-electron chi connectivity index (χ1n) is 32.5. The molecular weight excluding hydrogens is 1190 g/mol. The first kappa shape index (κ1) is 58.0. The molecule has 0 radical (unpaired) electrons. The molecule has 0 aliphatic heterocycles. The fraction of sp³-hybridized carbons (Fsp3) is 0. The van der Waals surface area contributed by atoms with Crippen LogP contribution in [0.1, 0.15) is 16.7 Å². The Morgan fingerprint density at radius 2 is 0.510 bits per heavy atom. The molecule has 0 saturated heterocycles. The van der Waals surface area contributed by atoms with Crippen LogP contribution in [0.25, 0.3) is 167 Å². The van der Waals surface area contributed by atoms with Crippen LogP contribution in [-0.4, -0.2) is 24.1 Å². The van der Waals surface area contributed by atoms with E-state index in [0.717, 1.165) is 138 Å². The lowest BCUT2D eigenvalue weighted by Crippen LogP contribution is -2.04. The molecule has 0 atom stereocenters. The molecule has 8 nitrogen and oxygen atoms in total. The van der Waals surface area contributed by atoms with E-state index in [4.69, 9.17) is 15.0 Å². The third-order valence-corrected chi connectivity index (χ3v) is 18.7. The molecule has 98 heavy (non-hydrogen) atoms. The molecule has 17 rings (SSSR count). The van der Waals surface area contributed by atoms with Crippen molar-refractivity contribution >= 4 is 43.6 Å². The van der Waals surface area contributed by atoms with Crippen LogP contribution >= 0.6 is 0 Å². The quantitative estimate of drug-likeness (QED) is 0.120. The highest BCUT2D eigenvalue weighted by Crippen LogP contribution is 2.44. The van der Waals surface area contributed by atoms with Gasteiger partial charge in [0.1, 0.15) is 0 Å². The lowest BCUT2D eigenvalue weighted by atomic mass is 9.95. The number of rotatable bonds is 12. The molecular formula is C90H54N8. The second kappa shape index (κ2) is 24.6. The number of aromatic nitrogens is 5. The minimum absolute atomic E-state index is 0.387. The molecule has 17 aromatic rings. The maximum absolute atomic E-state index is 10.5. The Morgan fingerprint density at radius 1 is 0.204 bits per heavy atom. The van der Waals surface area contributed by atoms with Crippen molar-refractivity contribution in [1.29, 1.82) is 15.8 Å². The van der Waals surface area contributed by atoms with Crippen LogP contribution in [-0.2, 0) is 0 Å². The first-order chi connectivity index (χ1) is 48.4. The van der Waals surface area contributed by atoms with E-state index < -0.39 is 0 Å². The van der Waals surface area contributed by atoms with Crippen LogP contribution in [0.5, 0.6) is 0 Å². The van der Waals surface area contributed by atoms with Crippen LogP contribution in [0.3, 0.4) is 0 Å². The third-order valence-electron chi connectivity index (χ3n) is 18.7. The van der Waals surface area contributed by atoms with E-state index >= 15 is 0 Å². The van der Waals surface area contributed by atoms with Crippen molar-refractivity contribution in [3.8, 4) is 142 Å². The SMILES string of the molecule is N#Cc1ccc(-c2ccccc2-c2nc(-c3cc(-n4c5ccc(-c6ccccc6)cc5c5cc(-c6ccccc6)ccc54)ccc3-c3cccc(C#N)c3)nc(-c3cc(-n4c5ccc(-c6ccccc6)cc5c5cc(-c6ccccc6)ccc54)ccc3-c3cccc(C#N)c3)n2)cc1. The van der Waals surface area contributed by atoms with E-state index in [0.29, 0.717) is 45.3 Å². The van der Waals surface area contributed by atoms with Gasteiger partial charge in [-0.3, -0.25) is 0 Å². The molecule has 454 valence electrons. The van der Waals surface area contributed by atoms with Crippen LogP contribution in [0.2, 0.25) is 0 Å². The molecule has 0 saturated carbocycles. The zero-order valence-electron chi connectivity index (χ0n) is 52.8. The summed E-state index contributed by atoms with van der Waals surface area (Å²) in [5, 5.41) is 35.3. The van der Waals surface area contributed by atoms with E-state index in [1.54, 1.807) is 0 Å². The maximum Gasteiger partial charge on any atom is 0.164 e. The highest BCUT2D eigenvalue weighted by molar-refractivity contribution is 6.13. The second-order valence-corrected chi connectivity index (χ2v) is 24.4. The van der Waals surface area contributed by atoms with Crippen molar-refractivity contribution in [2.45, 2.75) is 0 Å². The minimum atomic E-state index is 0.387. The Balaban J connectivity index is 0.947. The Bertz CT molecular complexity index is 5610. The van der Waals surface area contributed by atoms with E-state index in [2.05, 4.69) is 240 Å². The first-order valence-corrected chi connectivity index (χ1v) is 32.5. The number of nitriles is 3. The van der Waals surface area contributed by atoms with Gasteiger partial charge in [-0.15, -0.1) is 0 Å². The van der Waals surface area contributed by atoms with Gasteiger partial charge in [0.2, 0.25) is 0 Å². The van der Waals surface area contributed by atoms with Gasteiger partial charge in [-0.25, -0.2) is 15.0 Å². The summed E-state index contributed by atoms with van der Waals surface area (Å²) in [7, 11) is 0. The smallest absolute Gasteiger partial charge is 0.164 e.